The van der Waals surface area contributed by atoms with Crippen molar-refractivity contribution >= 4 is 11.8 Å². The summed E-state index contributed by atoms with van der Waals surface area (Å²) in [5.41, 5.74) is 1.10. The minimum atomic E-state index is -0.0200. The van der Waals surface area contributed by atoms with Gasteiger partial charge in [0.05, 0.1) is 12.5 Å². The maximum atomic E-state index is 13.2. The van der Waals surface area contributed by atoms with E-state index in [-0.39, 0.29) is 23.8 Å². The van der Waals surface area contributed by atoms with Gasteiger partial charge in [-0.05, 0) is 61.3 Å². The van der Waals surface area contributed by atoms with Gasteiger partial charge in [-0.1, -0.05) is 30.3 Å². The number of amides is 2. The van der Waals surface area contributed by atoms with E-state index in [2.05, 4.69) is 0 Å². The van der Waals surface area contributed by atoms with Gasteiger partial charge in [-0.15, -0.1) is 0 Å². The molecule has 0 radical (unpaired) electrons. The lowest BCUT2D eigenvalue weighted by Crippen LogP contribution is -2.57. The van der Waals surface area contributed by atoms with Crippen molar-refractivity contribution in [3.8, 4) is 0 Å². The van der Waals surface area contributed by atoms with Crippen LogP contribution >= 0.6 is 0 Å². The molecule has 5 aliphatic rings. The highest BCUT2D eigenvalue weighted by molar-refractivity contribution is 6.01. The number of hydrogen-bond donors (Lipinski definition) is 0. The van der Waals surface area contributed by atoms with Crippen molar-refractivity contribution in [1.29, 1.82) is 0 Å². The van der Waals surface area contributed by atoms with Crippen LogP contribution in [0, 0.1) is 29.6 Å². The standard InChI is InChI=1S/C20H23NO2/c22-18-11-17(14-4-2-1-3-5-14)21(18)20(23)19-15-7-12-6-13(9-15)10-16(19)8-12/h1-5,12-13,15-17,19H,6-11H2. The largest absolute Gasteiger partial charge is 0.274 e. The third-order valence-electron chi connectivity index (χ3n) is 6.88. The van der Waals surface area contributed by atoms with Crippen LogP contribution in [-0.2, 0) is 9.59 Å². The number of nitrogens with zero attached hydrogens (tertiary/aromatic N) is 1. The van der Waals surface area contributed by atoms with Gasteiger partial charge in [0.25, 0.3) is 0 Å². The summed E-state index contributed by atoms with van der Waals surface area (Å²) in [6, 6.07) is 10.0. The van der Waals surface area contributed by atoms with Crippen LogP contribution < -0.4 is 0 Å². The molecule has 1 aliphatic heterocycles. The van der Waals surface area contributed by atoms with Gasteiger partial charge in [-0.25, -0.2) is 0 Å². The Bertz CT molecular complexity index is 625. The Morgan fingerprint density at radius 3 is 2.09 bits per heavy atom. The summed E-state index contributed by atoms with van der Waals surface area (Å²) in [4.78, 5) is 27.0. The zero-order chi connectivity index (χ0) is 15.6. The first-order valence-electron chi connectivity index (χ1n) is 9.11. The van der Waals surface area contributed by atoms with E-state index >= 15 is 0 Å². The highest BCUT2D eigenvalue weighted by Gasteiger charge is 2.54. The average molecular weight is 309 g/mol. The van der Waals surface area contributed by atoms with E-state index in [9.17, 15) is 9.59 Å². The molecular formula is C20H23NO2. The third kappa shape index (κ3) is 2.02. The Balaban J connectivity index is 1.41. The van der Waals surface area contributed by atoms with Gasteiger partial charge in [0.1, 0.15) is 0 Å². The Morgan fingerprint density at radius 2 is 1.52 bits per heavy atom. The van der Waals surface area contributed by atoms with E-state index in [0.29, 0.717) is 18.3 Å². The van der Waals surface area contributed by atoms with Crippen LogP contribution in [0.1, 0.15) is 50.1 Å². The molecule has 3 nitrogen and oxygen atoms in total. The normalized spacial score (nSPS) is 41.0. The molecule has 120 valence electrons. The van der Waals surface area contributed by atoms with Crippen molar-refractivity contribution in [1.82, 2.24) is 4.90 Å². The number of β-lactam (4-membered cyclic amide) rings is 1. The molecule has 2 amide bonds. The second-order valence-corrected chi connectivity index (χ2v) is 8.19. The minimum Gasteiger partial charge on any atom is -0.274 e. The van der Waals surface area contributed by atoms with Crippen LogP contribution in [0.4, 0.5) is 0 Å². The highest BCUT2D eigenvalue weighted by Crippen LogP contribution is 2.57. The summed E-state index contributed by atoms with van der Waals surface area (Å²) in [5, 5.41) is 0. The molecule has 1 aromatic carbocycles. The SMILES string of the molecule is O=C1CC(c2ccccc2)N1C(=O)C1C2CC3CC(C2)CC1C3. The molecule has 4 bridgehead atoms. The topological polar surface area (TPSA) is 37.4 Å². The molecule has 23 heavy (non-hydrogen) atoms. The molecule has 1 saturated heterocycles. The van der Waals surface area contributed by atoms with E-state index in [1.54, 1.807) is 4.90 Å². The molecule has 5 fully saturated rings. The van der Waals surface area contributed by atoms with Crippen molar-refractivity contribution in [2.45, 2.75) is 44.6 Å². The molecule has 1 atom stereocenters. The average Bonchev–Trinajstić information content (AvgIpc) is 2.52. The van der Waals surface area contributed by atoms with Crippen molar-refractivity contribution in [3.63, 3.8) is 0 Å². The molecular weight excluding hydrogens is 286 g/mol. The van der Waals surface area contributed by atoms with Gasteiger partial charge < -0.3 is 0 Å². The quantitative estimate of drug-likeness (QED) is 0.619. The van der Waals surface area contributed by atoms with Crippen LogP contribution in [0.2, 0.25) is 0 Å². The zero-order valence-corrected chi connectivity index (χ0v) is 13.4. The third-order valence-corrected chi connectivity index (χ3v) is 6.88. The molecule has 3 heteroatoms. The first-order valence-corrected chi connectivity index (χ1v) is 9.11. The van der Waals surface area contributed by atoms with Gasteiger partial charge in [0.15, 0.2) is 0 Å². The highest BCUT2D eigenvalue weighted by atomic mass is 16.2. The second-order valence-electron chi connectivity index (χ2n) is 8.19. The number of carbonyl (C=O) groups is 2. The van der Waals surface area contributed by atoms with E-state index in [0.717, 1.165) is 17.4 Å². The van der Waals surface area contributed by atoms with Crippen LogP contribution in [0.5, 0.6) is 0 Å². The number of rotatable bonds is 2. The summed E-state index contributed by atoms with van der Waals surface area (Å²) in [7, 11) is 0. The van der Waals surface area contributed by atoms with Crippen LogP contribution in [0.3, 0.4) is 0 Å². The summed E-state index contributed by atoms with van der Waals surface area (Å²) >= 11 is 0. The molecule has 0 spiro atoms. The summed E-state index contributed by atoms with van der Waals surface area (Å²) in [5.74, 6) is 3.10. The van der Waals surface area contributed by atoms with Gasteiger partial charge in [-0.3, -0.25) is 14.5 Å². The molecule has 4 saturated carbocycles. The molecule has 4 aliphatic carbocycles. The maximum Gasteiger partial charge on any atom is 0.233 e. The fourth-order valence-electron chi connectivity index (χ4n) is 6.12. The predicted molar refractivity (Wildman–Crippen MR) is 86.2 cm³/mol. The molecule has 0 N–H and O–H groups in total. The molecule has 1 unspecified atom stereocenters. The van der Waals surface area contributed by atoms with Crippen molar-refractivity contribution in [2.75, 3.05) is 0 Å². The summed E-state index contributed by atoms with van der Waals surface area (Å²) in [6.45, 7) is 0. The van der Waals surface area contributed by atoms with Crippen molar-refractivity contribution in [3.05, 3.63) is 35.9 Å². The van der Waals surface area contributed by atoms with Crippen LogP contribution in [-0.4, -0.2) is 16.7 Å². The number of carbonyl (C=O) groups excluding carboxylic acids is 2. The predicted octanol–water partition coefficient (Wildman–Crippen LogP) is 3.56. The lowest BCUT2D eigenvalue weighted by molar-refractivity contribution is -0.168. The summed E-state index contributed by atoms with van der Waals surface area (Å²) in [6.07, 6.45) is 6.78. The van der Waals surface area contributed by atoms with Gasteiger partial charge in [0.2, 0.25) is 11.8 Å². The summed E-state index contributed by atoms with van der Waals surface area (Å²) < 4.78 is 0. The second kappa shape index (κ2) is 4.93. The lowest BCUT2D eigenvalue weighted by Gasteiger charge is -2.55. The number of hydrogen-bond acceptors (Lipinski definition) is 2. The van der Waals surface area contributed by atoms with Crippen LogP contribution in [0.25, 0.3) is 0 Å². The lowest BCUT2D eigenvalue weighted by atomic mass is 9.51. The number of imide groups is 1. The van der Waals surface area contributed by atoms with E-state index in [1.165, 1.54) is 32.1 Å². The van der Waals surface area contributed by atoms with Crippen molar-refractivity contribution < 1.29 is 9.59 Å². The van der Waals surface area contributed by atoms with Gasteiger partial charge in [-0.2, -0.15) is 0 Å². The Morgan fingerprint density at radius 1 is 0.913 bits per heavy atom. The maximum absolute atomic E-state index is 13.2. The first kappa shape index (κ1) is 13.8. The number of benzene rings is 1. The molecule has 1 heterocycles. The Hall–Kier alpha value is -1.64. The monoisotopic (exact) mass is 309 g/mol. The van der Waals surface area contributed by atoms with Gasteiger partial charge in [0, 0.05) is 5.92 Å². The smallest absolute Gasteiger partial charge is 0.233 e. The number of likely N-dealkylation sites (tertiary alicyclic amines) is 1. The molecule has 0 aromatic heterocycles. The van der Waals surface area contributed by atoms with E-state index in [4.69, 9.17) is 0 Å². The fourth-order valence-corrected chi connectivity index (χ4v) is 6.12. The Kier molecular flexibility index (Phi) is 2.95. The zero-order valence-electron chi connectivity index (χ0n) is 13.4. The van der Waals surface area contributed by atoms with Crippen LogP contribution in [0.15, 0.2) is 30.3 Å². The van der Waals surface area contributed by atoms with E-state index in [1.807, 2.05) is 30.3 Å². The molecule has 1 aromatic rings. The Labute approximate surface area is 137 Å². The van der Waals surface area contributed by atoms with Crippen molar-refractivity contribution in [2.24, 2.45) is 29.6 Å². The van der Waals surface area contributed by atoms with Gasteiger partial charge >= 0.3 is 0 Å². The first-order chi connectivity index (χ1) is 11.2. The molecule has 6 rings (SSSR count). The fraction of sp³-hybridized carbons (Fsp3) is 0.600. The minimum absolute atomic E-state index is 0.0200. The van der Waals surface area contributed by atoms with E-state index < -0.39 is 0 Å².